The predicted octanol–water partition coefficient (Wildman–Crippen LogP) is 2.48. The van der Waals surface area contributed by atoms with Gasteiger partial charge in [-0.2, -0.15) is 0 Å². The minimum Gasteiger partial charge on any atom is -0.505 e. The summed E-state index contributed by atoms with van der Waals surface area (Å²) in [6.45, 7) is 7.30. The predicted molar refractivity (Wildman–Crippen MR) is 76.8 cm³/mol. The first-order chi connectivity index (χ1) is 8.31. The lowest BCUT2D eigenvalue weighted by Crippen LogP contribution is -2.36. The van der Waals surface area contributed by atoms with Gasteiger partial charge in [-0.25, -0.2) is 0 Å². The minimum atomic E-state index is -0.156. The Bertz CT molecular complexity index is 484. The third-order valence-corrected chi connectivity index (χ3v) is 2.66. The monoisotopic (exact) mass is 266 g/mol. The Morgan fingerprint density at radius 3 is 2.50 bits per heavy atom. The third kappa shape index (κ3) is 3.70. The third-order valence-electron chi connectivity index (χ3n) is 2.45. The Morgan fingerprint density at radius 2 is 1.94 bits per heavy atom. The van der Waals surface area contributed by atoms with E-state index in [1.54, 1.807) is 19.9 Å². The van der Waals surface area contributed by atoms with Gasteiger partial charge in [0.1, 0.15) is 5.75 Å². The first kappa shape index (κ1) is 14.4. The molecule has 0 aliphatic carbocycles. The summed E-state index contributed by atoms with van der Waals surface area (Å²) in [5.74, 6) is -0.157. The van der Waals surface area contributed by atoms with E-state index in [9.17, 15) is 9.90 Å². The zero-order valence-electron chi connectivity index (χ0n) is 11.0. The molecule has 0 saturated heterocycles. The van der Waals surface area contributed by atoms with E-state index in [1.807, 2.05) is 19.9 Å². The van der Waals surface area contributed by atoms with Crippen LogP contribution in [-0.4, -0.2) is 16.1 Å². The van der Waals surface area contributed by atoms with Crippen molar-refractivity contribution in [3.05, 3.63) is 23.3 Å². The highest BCUT2D eigenvalue weighted by Gasteiger charge is 2.11. The van der Waals surface area contributed by atoms with Gasteiger partial charge >= 0.3 is 0 Å². The molecule has 1 aromatic carbocycles. The molecule has 3 N–H and O–H groups in total. The van der Waals surface area contributed by atoms with Gasteiger partial charge < -0.3 is 15.7 Å². The van der Waals surface area contributed by atoms with E-state index in [-0.39, 0.29) is 22.7 Å². The molecule has 0 aromatic heterocycles. The number of hydrogen-bond acceptors (Lipinski definition) is 3. The number of carbonyl (C=O) groups is 1. The van der Waals surface area contributed by atoms with Crippen molar-refractivity contribution in [1.29, 1.82) is 0 Å². The van der Waals surface area contributed by atoms with Crippen molar-refractivity contribution in [2.75, 3.05) is 5.32 Å². The molecule has 0 aliphatic rings. The number of benzene rings is 1. The molecule has 4 nitrogen and oxygen atoms in total. The normalized spacial score (nSPS) is 10.3. The van der Waals surface area contributed by atoms with Gasteiger partial charge in [-0.15, -0.1) is 0 Å². The van der Waals surface area contributed by atoms with Crippen LogP contribution in [0.2, 0.25) is 0 Å². The second kappa shape index (κ2) is 5.82. The quantitative estimate of drug-likeness (QED) is 0.568. The zero-order valence-corrected chi connectivity index (χ0v) is 11.8. The Balaban J connectivity index is 2.79. The van der Waals surface area contributed by atoms with E-state index < -0.39 is 0 Å². The van der Waals surface area contributed by atoms with E-state index >= 15 is 0 Å². The summed E-state index contributed by atoms with van der Waals surface area (Å²) in [4.78, 5) is 11.5. The Morgan fingerprint density at radius 1 is 1.33 bits per heavy atom. The van der Waals surface area contributed by atoms with E-state index in [4.69, 9.17) is 12.2 Å². The average molecular weight is 266 g/mol. The van der Waals surface area contributed by atoms with Gasteiger partial charge in [-0.3, -0.25) is 4.79 Å². The number of phenols is 1. The molecule has 0 fully saturated rings. The SMILES string of the molecule is Cc1cc(C)c(O)c(NC(=S)NC(=O)C(C)C)c1. The molecule has 0 aliphatic heterocycles. The van der Waals surface area contributed by atoms with E-state index in [0.717, 1.165) is 11.1 Å². The molecular formula is C13H18N2O2S. The highest BCUT2D eigenvalue weighted by molar-refractivity contribution is 7.80. The number of aromatic hydroxyl groups is 1. The second-order valence-corrected chi connectivity index (χ2v) is 4.98. The lowest BCUT2D eigenvalue weighted by atomic mass is 10.1. The van der Waals surface area contributed by atoms with Crippen molar-refractivity contribution in [3.8, 4) is 5.75 Å². The van der Waals surface area contributed by atoms with Crippen molar-refractivity contribution in [3.63, 3.8) is 0 Å². The molecule has 1 rings (SSSR count). The van der Waals surface area contributed by atoms with Gasteiger partial charge in [-0.05, 0) is 43.3 Å². The first-order valence-corrected chi connectivity index (χ1v) is 6.14. The van der Waals surface area contributed by atoms with Gasteiger partial charge in [-0.1, -0.05) is 19.9 Å². The molecule has 0 unspecified atom stereocenters. The number of amides is 1. The highest BCUT2D eigenvalue weighted by Crippen LogP contribution is 2.28. The molecular weight excluding hydrogens is 248 g/mol. The van der Waals surface area contributed by atoms with Crippen LogP contribution in [0.5, 0.6) is 5.75 Å². The number of thiocarbonyl (C=S) groups is 1. The lowest BCUT2D eigenvalue weighted by molar-refractivity contribution is -0.122. The Hall–Kier alpha value is -1.62. The standard InChI is InChI=1S/C13H18N2O2S/c1-7(2)12(17)15-13(18)14-10-6-8(3)5-9(4)11(10)16/h5-7,16H,1-4H3,(H2,14,15,17,18). The van der Waals surface area contributed by atoms with Crippen LogP contribution >= 0.6 is 12.2 Å². The zero-order chi connectivity index (χ0) is 13.9. The van der Waals surface area contributed by atoms with Gasteiger partial charge in [0, 0.05) is 5.92 Å². The number of aryl methyl sites for hydroxylation is 2. The molecule has 0 spiro atoms. The number of nitrogens with one attached hydrogen (secondary N) is 2. The molecule has 0 radical (unpaired) electrons. The lowest BCUT2D eigenvalue weighted by Gasteiger charge is -2.14. The van der Waals surface area contributed by atoms with Crippen LogP contribution in [-0.2, 0) is 4.79 Å². The molecule has 0 saturated carbocycles. The molecule has 1 aromatic rings. The smallest absolute Gasteiger partial charge is 0.228 e. The molecule has 0 bridgehead atoms. The number of phenolic OH excluding ortho intramolecular Hbond substituents is 1. The number of carbonyl (C=O) groups excluding carboxylic acids is 1. The number of hydrogen-bond donors (Lipinski definition) is 3. The molecule has 98 valence electrons. The maximum atomic E-state index is 11.5. The van der Waals surface area contributed by atoms with Gasteiger partial charge in [0.25, 0.3) is 0 Å². The van der Waals surface area contributed by atoms with Crippen LogP contribution < -0.4 is 10.6 Å². The highest BCUT2D eigenvalue weighted by atomic mass is 32.1. The fourth-order valence-electron chi connectivity index (χ4n) is 1.47. The van der Waals surface area contributed by atoms with Crippen LogP contribution in [0.25, 0.3) is 0 Å². The van der Waals surface area contributed by atoms with Crippen molar-refractivity contribution >= 4 is 28.9 Å². The fraction of sp³-hybridized carbons (Fsp3) is 0.385. The van der Waals surface area contributed by atoms with Crippen molar-refractivity contribution in [1.82, 2.24) is 5.32 Å². The van der Waals surface area contributed by atoms with Gasteiger partial charge in [0.2, 0.25) is 5.91 Å². The van der Waals surface area contributed by atoms with Crippen LogP contribution in [0.4, 0.5) is 5.69 Å². The molecule has 0 heterocycles. The van der Waals surface area contributed by atoms with Crippen molar-refractivity contribution in [2.45, 2.75) is 27.7 Å². The number of anilines is 1. The van der Waals surface area contributed by atoms with Crippen molar-refractivity contribution in [2.24, 2.45) is 5.92 Å². The summed E-state index contributed by atoms with van der Waals surface area (Å²) < 4.78 is 0. The summed E-state index contributed by atoms with van der Waals surface area (Å²) in [5, 5.41) is 15.5. The second-order valence-electron chi connectivity index (χ2n) is 4.58. The fourth-order valence-corrected chi connectivity index (χ4v) is 1.68. The molecule has 1 amide bonds. The van der Waals surface area contributed by atoms with Crippen LogP contribution in [0, 0.1) is 19.8 Å². The summed E-state index contributed by atoms with van der Waals surface area (Å²) in [5.41, 5.74) is 2.27. The van der Waals surface area contributed by atoms with E-state index in [1.165, 1.54) is 0 Å². The molecule has 18 heavy (non-hydrogen) atoms. The minimum absolute atomic E-state index is 0.141. The van der Waals surface area contributed by atoms with Crippen LogP contribution in [0.15, 0.2) is 12.1 Å². The summed E-state index contributed by atoms with van der Waals surface area (Å²) in [6.07, 6.45) is 0. The largest absolute Gasteiger partial charge is 0.505 e. The first-order valence-electron chi connectivity index (χ1n) is 5.73. The van der Waals surface area contributed by atoms with Gasteiger partial charge in [0.15, 0.2) is 5.11 Å². The summed E-state index contributed by atoms with van der Waals surface area (Å²) >= 11 is 5.02. The van der Waals surface area contributed by atoms with E-state index in [0.29, 0.717) is 5.69 Å². The maximum Gasteiger partial charge on any atom is 0.228 e. The summed E-state index contributed by atoms with van der Waals surface area (Å²) in [7, 11) is 0. The topological polar surface area (TPSA) is 61.4 Å². The molecule has 5 heteroatoms. The average Bonchev–Trinajstić information content (AvgIpc) is 2.24. The summed E-state index contributed by atoms with van der Waals surface area (Å²) in [6, 6.07) is 3.65. The van der Waals surface area contributed by atoms with Gasteiger partial charge in [0.05, 0.1) is 5.69 Å². The Kier molecular flexibility index (Phi) is 4.67. The molecule has 0 atom stereocenters. The number of rotatable bonds is 2. The van der Waals surface area contributed by atoms with Crippen molar-refractivity contribution < 1.29 is 9.90 Å². The van der Waals surface area contributed by atoms with Crippen LogP contribution in [0.1, 0.15) is 25.0 Å². The Labute approximate surface area is 112 Å². The maximum absolute atomic E-state index is 11.5. The van der Waals surface area contributed by atoms with E-state index in [2.05, 4.69) is 10.6 Å². The van der Waals surface area contributed by atoms with Crippen LogP contribution in [0.3, 0.4) is 0 Å².